The van der Waals surface area contributed by atoms with Crippen LogP contribution in [0.4, 0.5) is 9.52 Å². The molecule has 148 valence electrons. The van der Waals surface area contributed by atoms with Crippen molar-refractivity contribution in [2.75, 3.05) is 5.32 Å². The molecule has 0 saturated carbocycles. The number of thiazole rings is 1. The summed E-state index contributed by atoms with van der Waals surface area (Å²) in [6.45, 7) is 6.12. The highest BCUT2D eigenvalue weighted by atomic mass is 32.1. The second kappa shape index (κ2) is 7.79. The Bertz CT molecular complexity index is 1180. The Morgan fingerprint density at radius 1 is 1.24 bits per heavy atom. The third-order valence-corrected chi connectivity index (χ3v) is 5.99. The van der Waals surface area contributed by atoms with Crippen molar-refractivity contribution in [1.29, 1.82) is 0 Å². The summed E-state index contributed by atoms with van der Waals surface area (Å²) in [4.78, 5) is 17.2. The van der Waals surface area contributed by atoms with E-state index in [9.17, 15) is 9.18 Å². The molecule has 0 aliphatic heterocycles. The number of aromatic nitrogens is 1. The van der Waals surface area contributed by atoms with Gasteiger partial charge in [-0.25, -0.2) is 9.37 Å². The van der Waals surface area contributed by atoms with Gasteiger partial charge in [0.25, 0.3) is 5.91 Å². The number of hydrogen-bond donors (Lipinski definition) is 1. The number of para-hydroxylation sites is 1. The number of aryl methyl sites for hydroxylation is 1. The van der Waals surface area contributed by atoms with Crippen LogP contribution in [0.2, 0.25) is 0 Å². The molecular weight excluding hydrogens is 387 g/mol. The quantitative estimate of drug-likeness (QED) is 0.396. The Morgan fingerprint density at radius 2 is 2.00 bits per heavy atom. The van der Waals surface area contributed by atoms with Gasteiger partial charge in [-0.05, 0) is 30.9 Å². The molecule has 0 spiro atoms. The first kappa shape index (κ1) is 19.3. The van der Waals surface area contributed by atoms with Crippen LogP contribution in [0.3, 0.4) is 0 Å². The topological polar surface area (TPSA) is 55.1 Å². The molecular formula is C23H21FN2O2S. The molecule has 2 heterocycles. The monoisotopic (exact) mass is 408 g/mol. The lowest BCUT2D eigenvalue weighted by Crippen LogP contribution is -2.11. The summed E-state index contributed by atoms with van der Waals surface area (Å²) < 4.78 is 19.4. The highest BCUT2D eigenvalue weighted by Crippen LogP contribution is 2.30. The van der Waals surface area contributed by atoms with Crippen molar-refractivity contribution in [3.05, 3.63) is 70.5 Å². The lowest BCUT2D eigenvalue weighted by Gasteiger charge is -2.08. The molecule has 2 aromatic carbocycles. The van der Waals surface area contributed by atoms with Crippen LogP contribution >= 0.6 is 11.3 Å². The van der Waals surface area contributed by atoms with E-state index in [1.54, 1.807) is 19.1 Å². The van der Waals surface area contributed by atoms with Gasteiger partial charge < -0.3 is 4.42 Å². The molecule has 0 fully saturated rings. The second-order valence-corrected chi connectivity index (χ2v) is 7.95. The van der Waals surface area contributed by atoms with E-state index in [1.165, 1.54) is 23.0 Å². The third-order valence-electron chi connectivity index (χ3n) is 5.23. The predicted molar refractivity (Wildman–Crippen MR) is 115 cm³/mol. The first-order valence-corrected chi connectivity index (χ1v) is 10.4. The summed E-state index contributed by atoms with van der Waals surface area (Å²) in [5.41, 5.74) is 3.79. The van der Waals surface area contributed by atoms with Gasteiger partial charge in [0.05, 0.1) is 5.69 Å². The molecule has 1 amide bonds. The zero-order valence-corrected chi connectivity index (χ0v) is 17.3. The van der Waals surface area contributed by atoms with E-state index in [0.717, 1.165) is 17.7 Å². The van der Waals surface area contributed by atoms with E-state index in [0.29, 0.717) is 22.0 Å². The highest BCUT2D eigenvalue weighted by Gasteiger charge is 2.20. The van der Waals surface area contributed by atoms with Gasteiger partial charge in [0.2, 0.25) is 0 Å². The first-order chi connectivity index (χ1) is 14.0. The fourth-order valence-electron chi connectivity index (χ4n) is 3.26. The van der Waals surface area contributed by atoms with E-state index in [-0.39, 0.29) is 11.3 Å². The maximum absolute atomic E-state index is 13.9. The van der Waals surface area contributed by atoms with Crippen LogP contribution in [0.15, 0.2) is 52.3 Å². The van der Waals surface area contributed by atoms with Gasteiger partial charge in [-0.15, -0.1) is 11.3 Å². The highest BCUT2D eigenvalue weighted by molar-refractivity contribution is 7.14. The largest absolute Gasteiger partial charge is 0.448 e. The minimum absolute atomic E-state index is 0.0939. The number of nitrogens with zero attached hydrogens (tertiary/aromatic N) is 1. The van der Waals surface area contributed by atoms with Crippen molar-refractivity contribution in [3.8, 4) is 11.3 Å². The van der Waals surface area contributed by atoms with E-state index >= 15 is 0 Å². The Hall–Kier alpha value is -2.99. The van der Waals surface area contributed by atoms with Crippen LogP contribution in [-0.2, 0) is 0 Å². The van der Waals surface area contributed by atoms with Gasteiger partial charge >= 0.3 is 0 Å². The molecule has 1 atom stereocenters. The van der Waals surface area contributed by atoms with Crippen molar-refractivity contribution in [2.45, 2.75) is 33.1 Å². The maximum Gasteiger partial charge on any atom is 0.293 e. The standard InChI is InChI=1S/C23H21FN2O2S/c1-4-13(2)15-8-10-16(11-9-15)19-12-29-23(25-19)26-22(27)20-14(3)17-6-5-7-18(24)21(17)28-20/h5-13H,4H2,1-3H3,(H,25,26,27)/t13-/m1/s1. The van der Waals surface area contributed by atoms with Crippen molar-refractivity contribution in [1.82, 2.24) is 4.98 Å². The fourth-order valence-corrected chi connectivity index (χ4v) is 3.98. The molecule has 0 radical (unpaired) electrons. The Balaban J connectivity index is 1.54. The molecule has 2 aromatic heterocycles. The van der Waals surface area contributed by atoms with Gasteiger partial charge in [-0.1, -0.05) is 50.2 Å². The van der Waals surface area contributed by atoms with E-state index in [4.69, 9.17) is 4.42 Å². The number of furan rings is 1. The van der Waals surface area contributed by atoms with Crippen LogP contribution in [0.25, 0.3) is 22.2 Å². The zero-order valence-electron chi connectivity index (χ0n) is 16.5. The summed E-state index contributed by atoms with van der Waals surface area (Å²) in [7, 11) is 0. The number of carbonyl (C=O) groups is 1. The molecule has 4 nitrogen and oxygen atoms in total. The molecule has 0 aliphatic rings. The second-order valence-electron chi connectivity index (χ2n) is 7.10. The number of nitrogens with one attached hydrogen (secondary N) is 1. The Morgan fingerprint density at radius 3 is 2.69 bits per heavy atom. The van der Waals surface area contributed by atoms with E-state index in [2.05, 4.69) is 36.3 Å². The average molecular weight is 408 g/mol. The summed E-state index contributed by atoms with van der Waals surface area (Å²) in [5, 5.41) is 5.73. The van der Waals surface area contributed by atoms with Crippen LogP contribution in [0, 0.1) is 12.7 Å². The number of fused-ring (bicyclic) bond motifs is 1. The van der Waals surface area contributed by atoms with Crippen LogP contribution in [0.5, 0.6) is 0 Å². The molecule has 0 aliphatic carbocycles. The summed E-state index contributed by atoms with van der Waals surface area (Å²) in [6, 6.07) is 13.0. The average Bonchev–Trinajstić information content (AvgIpc) is 3.33. The van der Waals surface area contributed by atoms with Crippen LogP contribution in [0.1, 0.15) is 47.9 Å². The summed E-state index contributed by atoms with van der Waals surface area (Å²) in [5.74, 6) is -0.306. The number of benzene rings is 2. The molecule has 29 heavy (non-hydrogen) atoms. The van der Waals surface area contributed by atoms with Crippen LogP contribution < -0.4 is 5.32 Å². The third kappa shape index (κ3) is 3.68. The molecule has 4 rings (SSSR count). The van der Waals surface area contributed by atoms with Gasteiger partial charge in [0.15, 0.2) is 22.3 Å². The van der Waals surface area contributed by atoms with Crippen molar-refractivity contribution < 1.29 is 13.6 Å². The Labute approximate surface area is 172 Å². The van der Waals surface area contributed by atoms with Crippen LogP contribution in [-0.4, -0.2) is 10.9 Å². The smallest absolute Gasteiger partial charge is 0.293 e. The van der Waals surface area contributed by atoms with Crippen molar-refractivity contribution in [3.63, 3.8) is 0 Å². The first-order valence-electron chi connectivity index (χ1n) is 9.52. The normalized spacial score (nSPS) is 12.3. The molecule has 0 saturated heterocycles. The number of anilines is 1. The van der Waals surface area contributed by atoms with E-state index in [1.807, 2.05) is 17.5 Å². The SMILES string of the molecule is CC[C@@H](C)c1ccc(-c2csc(NC(=O)c3oc4c(F)cccc4c3C)n2)cc1. The number of rotatable bonds is 5. The minimum atomic E-state index is -0.484. The number of carbonyl (C=O) groups excluding carboxylic acids is 1. The predicted octanol–water partition coefficient (Wildman–Crippen LogP) is 6.77. The number of amides is 1. The number of hydrogen-bond acceptors (Lipinski definition) is 4. The maximum atomic E-state index is 13.9. The van der Waals surface area contributed by atoms with Crippen molar-refractivity contribution >= 4 is 33.3 Å². The lowest BCUT2D eigenvalue weighted by atomic mass is 9.97. The summed E-state index contributed by atoms with van der Waals surface area (Å²) in [6.07, 6.45) is 1.09. The van der Waals surface area contributed by atoms with Gasteiger partial charge in [0.1, 0.15) is 0 Å². The summed E-state index contributed by atoms with van der Waals surface area (Å²) >= 11 is 1.34. The lowest BCUT2D eigenvalue weighted by molar-refractivity contribution is 0.0997. The van der Waals surface area contributed by atoms with Gasteiger partial charge in [-0.3, -0.25) is 10.1 Å². The fraction of sp³-hybridized carbons (Fsp3) is 0.217. The van der Waals surface area contributed by atoms with Crippen molar-refractivity contribution in [2.24, 2.45) is 0 Å². The number of halogens is 1. The zero-order chi connectivity index (χ0) is 20.5. The van der Waals surface area contributed by atoms with Gasteiger partial charge in [0, 0.05) is 21.9 Å². The minimum Gasteiger partial charge on any atom is -0.448 e. The molecule has 0 unspecified atom stereocenters. The Kier molecular flexibility index (Phi) is 5.20. The molecule has 1 N–H and O–H groups in total. The molecule has 0 bridgehead atoms. The van der Waals surface area contributed by atoms with E-state index < -0.39 is 11.7 Å². The van der Waals surface area contributed by atoms with Gasteiger partial charge in [-0.2, -0.15) is 0 Å². The molecule has 4 aromatic rings. The molecule has 6 heteroatoms.